The van der Waals surface area contributed by atoms with Gasteiger partial charge in [0.2, 0.25) is 20.8 Å². The first-order chi connectivity index (χ1) is 22.2. The normalized spacial score (nSPS) is 41.3. The van der Waals surface area contributed by atoms with Crippen LogP contribution in [0.25, 0.3) is 0 Å². The van der Waals surface area contributed by atoms with Gasteiger partial charge in [0.05, 0.1) is 24.7 Å². The number of hydrogen-bond acceptors (Lipinski definition) is 15. The first-order valence-corrected chi connectivity index (χ1v) is 18.8. The van der Waals surface area contributed by atoms with Gasteiger partial charge in [-0.3, -0.25) is 18.0 Å². The summed E-state index contributed by atoms with van der Waals surface area (Å²) >= 11 is 0. The molecular formula is C30H44K2O16S2. The molecule has 1 heterocycles. The Morgan fingerprint density at radius 1 is 1.02 bits per heavy atom. The van der Waals surface area contributed by atoms with Gasteiger partial charge in [0.1, 0.15) is 18.3 Å². The largest absolute Gasteiger partial charge is 1.00 e. The molecule has 2 bridgehead atoms. The standard InChI is InChI=1S/C30H46O16S2.2K/c1-14(2)9-22(32)44-25-24(46-48(39,40)41)23(45-47(36,37)38)20(13-31)43-28(25)42-17-10-18(27(34)35)19-7-8-30-11-16(15(3)26(30)33)5-6-21(30)29(19,4)12-17;;/h14,16-21,23-26,28,31,33H,3,5-13H2,1-2,4H3,(H,34,35)(H,36,37,38)(H,39,40,41);;/q;2*+1/p-2/t16-,17-,18-,19-,20-,21+,23-,24+,25-,26+,28?,29-,30-;;/m1../s1. The third-order valence-corrected chi connectivity index (χ3v) is 12.4. The average Bonchev–Trinajstić information content (AvgIpc) is 3.12. The quantitative estimate of drug-likeness (QED) is 0.0442. The number of carboxylic acids is 1. The zero-order valence-electron chi connectivity index (χ0n) is 29.0. The smallest absolute Gasteiger partial charge is 0.726 e. The molecule has 0 aromatic carbocycles. The van der Waals surface area contributed by atoms with Crippen LogP contribution in [0.2, 0.25) is 0 Å². The predicted octanol–water partition coefficient (Wildman–Crippen LogP) is -5.01. The number of carboxylic acid groups (broad SMARTS) is 1. The van der Waals surface area contributed by atoms with E-state index in [2.05, 4.69) is 14.9 Å². The third kappa shape index (κ3) is 9.55. The van der Waals surface area contributed by atoms with Crippen molar-refractivity contribution in [3.63, 3.8) is 0 Å². The molecule has 5 fully saturated rings. The van der Waals surface area contributed by atoms with Crippen LogP contribution in [-0.2, 0) is 53.0 Å². The first-order valence-electron chi connectivity index (χ1n) is 16.2. The van der Waals surface area contributed by atoms with Crippen LogP contribution in [0.4, 0.5) is 0 Å². The van der Waals surface area contributed by atoms with Crippen molar-refractivity contribution in [3.05, 3.63) is 12.2 Å². The summed E-state index contributed by atoms with van der Waals surface area (Å²) in [6.07, 6.45) is -8.49. The van der Waals surface area contributed by atoms with Crippen molar-refractivity contribution in [2.24, 2.45) is 40.4 Å². The van der Waals surface area contributed by atoms with Crippen molar-refractivity contribution in [1.29, 1.82) is 0 Å². The second kappa shape index (κ2) is 17.4. The SMILES string of the molecule is C=C1[C@@H]2CC[C@H]3[C@]4(C)C[C@H](OC5O[C@H](CO)[C@@H](OS(=O)(=O)[O-])[C@H](OS(=O)(=O)[O-])[C@H]5OC(=O)CC(C)C)C[C@@H](C(=O)O)[C@H]4CC[C@]3(C2)[C@H]1O.[K+].[K+]. The van der Waals surface area contributed by atoms with Gasteiger partial charge in [-0.25, -0.2) is 16.8 Å². The molecular weight excluding hydrogens is 759 g/mol. The van der Waals surface area contributed by atoms with Gasteiger partial charge >= 0.3 is 115 Å². The van der Waals surface area contributed by atoms with Crippen LogP contribution in [0.15, 0.2) is 12.2 Å². The summed E-state index contributed by atoms with van der Waals surface area (Å²) in [5.74, 6) is -3.38. The van der Waals surface area contributed by atoms with Crippen molar-refractivity contribution in [1.82, 2.24) is 0 Å². The van der Waals surface area contributed by atoms with Gasteiger partial charge < -0.3 is 38.6 Å². The Balaban J connectivity index is 0.00000338. The third-order valence-electron chi connectivity index (χ3n) is 11.5. The van der Waals surface area contributed by atoms with Crippen molar-refractivity contribution in [3.8, 4) is 0 Å². The van der Waals surface area contributed by atoms with Gasteiger partial charge in [0.25, 0.3) is 0 Å². The first kappa shape index (κ1) is 45.9. The molecule has 1 spiro atoms. The molecule has 13 atom stereocenters. The number of rotatable bonds is 11. The number of aliphatic carboxylic acids is 1. The zero-order valence-corrected chi connectivity index (χ0v) is 36.8. The van der Waals surface area contributed by atoms with Crippen molar-refractivity contribution < 1.29 is 176 Å². The predicted molar refractivity (Wildman–Crippen MR) is 159 cm³/mol. The minimum absolute atomic E-state index is 0. The molecule has 4 aliphatic carbocycles. The fraction of sp³-hybridized carbons (Fsp3) is 0.867. The minimum atomic E-state index is -5.69. The summed E-state index contributed by atoms with van der Waals surface area (Å²) in [7, 11) is -11.3. The van der Waals surface area contributed by atoms with Crippen molar-refractivity contribution >= 4 is 32.7 Å². The van der Waals surface area contributed by atoms with Crippen molar-refractivity contribution in [2.75, 3.05) is 6.61 Å². The molecule has 5 rings (SSSR count). The molecule has 0 radical (unpaired) electrons. The van der Waals surface area contributed by atoms with Crippen LogP contribution >= 0.6 is 0 Å². The Morgan fingerprint density at radius 2 is 1.64 bits per heavy atom. The van der Waals surface area contributed by atoms with Crippen LogP contribution < -0.4 is 103 Å². The molecule has 0 amide bonds. The Bertz CT molecular complexity index is 1490. The van der Waals surface area contributed by atoms with E-state index in [1.54, 1.807) is 13.8 Å². The van der Waals surface area contributed by atoms with Gasteiger partial charge in [0.15, 0.2) is 12.4 Å². The van der Waals surface area contributed by atoms with E-state index < -0.39 is 99.0 Å². The summed E-state index contributed by atoms with van der Waals surface area (Å²) in [6, 6.07) is 0. The van der Waals surface area contributed by atoms with Crippen LogP contribution in [0.1, 0.15) is 72.1 Å². The number of ether oxygens (including phenoxy) is 3. The van der Waals surface area contributed by atoms with Crippen LogP contribution in [0.3, 0.4) is 0 Å². The van der Waals surface area contributed by atoms with E-state index in [9.17, 15) is 50.8 Å². The summed E-state index contributed by atoms with van der Waals surface area (Å²) in [5, 5.41) is 31.9. The molecule has 274 valence electrons. The topological polar surface area (TPSA) is 255 Å². The summed E-state index contributed by atoms with van der Waals surface area (Å²) in [5.41, 5.74) is -0.359. The molecule has 4 saturated carbocycles. The second-order valence-electron chi connectivity index (χ2n) is 14.8. The fourth-order valence-corrected chi connectivity index (χ4v) is 10.8. The van der Waals surface area contributed by atoms with E-state index in [0.717, 1.165) is 24.8 Å². The molecule has 5 aliphatic rings. The van der Waals surface area contributed by atoms with Gasteiger partial charge in [-0.05, 0) is 79.6 Å². The average molecular weight is 803 g/mol. The molecule has 1 saturated heterocycles. The van der Waals surface area contributed by atoms with E-state index in [4.69, 9.17) is 14.2 Å². The van der Waals surface area contributed by atoms with Crippen LogP contribution in [0, 0.1) is 40.4 Å². The number of esters is 1. The molecule has 0 aromatic rings. The summed E-state index contributed by atoms with van der Waals surface area (Å²) < 4.78 is 96.9. The van der Waals surface area contributed by atoms with Crippen LogP contribution in [-0.4, -0.2) is 103 Å². The molecule has 50 heavy (non-hydrogen) atoms. The number of aliphatic hydroxyl groups is 2. The van der Waals surface area contributed by atoms with E-state index >= 15 is 0 Å². The van der Waals surface area contributed by atoms with Crippen molar-refractivity contribution in [2.45, 2.75) is 115 Å². The van der Waals surface area contributed by atoms with E-state index in [0.29, 0.717) is 12.8 Å². The summed E-state index contributed by atoms with van der Waals surface area (Å²) in [4.78, 5) is 25.6. The monoisotopic (exact) mass is 802 g/mol. The maximum atomic E-state index is 12.9. The summed E-state index contributed by atoms with van der Waals surface area (Å²) in [6.45, 7) is 8.41. The maximum absolute atomic E-state index is 12.9. The van der Waals surface area contributed by atoms with Gasteiger partial charge in [-0.15, -0.1) is 0 Å². The molecule has 1 unspecified atom stereocenters. The molecule has 20 heteroatoms. The Morgan fingerprint density at radius 3 is 2.20 bits per heavy atom. The maximum Gasteiger partial charge on any atom is 1.00 e. The zero-order chi connectivity index (χ0) is 35.6. The van der Waals surface area contributed by atoms with Crippen LogP contribution in [0.5, 0.6) is 0 Å². The van der Waals surface area contributed by atoms with E-state index in [1.165, 1.54) is 0 Å². The number of hydrogen-bond donors (Lipinski definition) is 3. The van der Waals surface area contributed by atoms with Gasteiger partial charge in [-0.2, -0.15) is 0 Å². The van der Waals surface area contributed by atoms with Gasteiger partial charge in [-0.1, -0.05) is 27.4 Å². The number of carbonyl (C=O) groups excluding carboxylic acids is 1. The Kier molecular flexibility index (Phi) is 15.9. The number of carbonyl (C=O) groups is 2. The van der Waals surface area contributed by atoms with E-state index in [-0.39, 0.29) is 146 Å². The second-order valence-corrected chi connectivity index (χ2v) is 16.8. The minimum Gasteiger partial charge on any atom is -0.726 e. The fourth-order valence-electron chi connectivity index (χ4n) is 9.81. The van der Waals surface area contributed by atoms with E-state index in [1.807, 2.05) is 6.92 Å². The Labute approximate surface area is 377 Å². The number of fused-ring (bicyclic) bond motifs is 3. The Hall–Kier alpha value is 1.53. The molecule has 1 aliphatic heterocycles. The molecule has 0 aromatic heterocycles. The molecule has 16 nitrogen and oxygen atoms in total. The molecule has 3 N–H and O–H groups in total. The number of aliphatic hydroxyl groups excluding tert-OH is 2. The van der Waals surface area contributed by atoms with Gasteiger partial charge in [0, 0.05) is 11.8 Å².